The molecule has 0 fully saturated rings. The second kappa shape index (κ2) is 12.8. The van der Waals surface area contributed by atoms with Crippen LogP contribution < -0.4 is 5.32 Å². The smallest absolute Gasteiger partial charge is 0.224 e. The van der Waals surface area contributed by atoms with Crippen LogP contribution in [0.3, 0.4) is 0 Å². The molecule has 0 bridgehead atoms. The van der Waals surface area contributed by atoms with Gasteiger partial charge in [-0.15, -0.1) is 0 Å². The summed E-state index contributed by atoms with van der Waals surface area (Å²) < 4.78 is 1.81. The molecule has 170 valence electrons. The lowest BCUT2D eigenvalue weighted by Gasteiger charge is -2.06. The quantitative estimate of drug-likeness (QED) is 0.308. The Labute approximate surface area is 191 Å². The predicted molar refractivity (Wildman–Crippen MR) is 131 cm³/mol. The molecule has 1 amide bonds. The third-order valence-corrected chi connectivity index (χ3v) is 5.58. The first-order chi connectivity index (χ1) is 15.6. The van der Waals surface area contributed by atoms with Gasteiger partial charge in [-0.2, -0.15) is 5.10 Å². The zero-order valence-electron chi connectivity index (χ0n) is 19.0. The van der Waals surface area contributed by atoms with E-state index in [0.29, 0.717) is 6.42 Å². The normalized spacial score (nSPS) is 11.9. The number of carbonyl (C=O) groups excluding carboxylic acids is 1. The Morgan fingerprint density at radius 1 is 0.906 bits per heavy atom. The van der Waals surface area contributed by atoms with Crippen LogP contribution in [-0.2, 0) is 4.79 Å². The number of aliphatic hydroxyl groups excluding tert-OH is 1. The van der Waals surface area contributed by atoms with Gasteiger partial charge < -0.3 is 10.4 Å². The second-order valence-corrected chi connectivity index (χ2v) is 8.45. The number of nitrogens with zero attached hydrogens (tertiary/aromatic N) is 2. The number of nitrogens with one attached hydrogen (secondary N) is 1. The minimum absolute atomic E-state index is 0.0340. The molecule has 0 aliphatic heterocycles. The van der Waals surface area contributed by atoms with Gasteiger partial charge in [-0.25, -0.2) is 4.68 Å². The van der Waals surface area contributed by atoms with Crippen LogP contribution in [0.15, 0.2) is 66.9 Å². The number of hydrogen-bond acceptors (Lipinski definition) is 3. The van der Waals surface area contributed by atoms with Crippen molar-refractivity contribution in [2.75, 3.05) is 5.32 Å². The van der Waals surface area contributed by atoms with Gasteiger partial charge in [0.25, 0.3) is 0 Å². The van der Waals surface area contributed by atoms with E-state index in [4.69, 9.17) is 5.10 Å². The van der Waals surface area contributed by atoms with Crippen molar-refractivity contribution in [3.05, 3.63) is 66.9 Å². The molecule has 0 radical (unpaired) electrons. The molecule has 32 heavy (non-hydrogen) atoms. The summed E-state index contributed by atoms with van der Waals surface area (Å²) in [4.78, 5) is 12.6. The number of amides is 1. The summed E-state index contributed by atoms with van der Waals surface area (Å²) in [7, 11) is 0. The fourth-order valence-electron chi connectivity index (χ4n) is 3.81. The second-order valence-electron chi connectivity index (χ2n) is 8.45. The van der Waals surface area contributed by atoms with E-state index >= 15 is 0 Å². The van der Waals surface area contributed by atoms with E-state index in [1.807, 2.05) is 78.5 Å². The van der Waals surface area contributed by atoms with Gasteiger partial charge in [0.05, 0.1) is 23.7 Å². The molecule has 0 aliphatic rings. The van der Waals surface area contributed by atoms with Crippen molar-refractivity contribution in [3.63, 3.8) is 0 Å². The molecule has 0 aliphatic carbocycles. The lowest BCUT2D eigenvalue weighted by atomic mass is 10.1. The van der Waals surface area contributed by atoms with Gasteiger partial charge in [-0.05, 0) is 31.9 Å². The molecule has 2 aromatic carbocycles. The highest BCUT2D eigenvalue weighted by molar-refractivity contribution is 5.94. The minimum Gasteiger partial charge on any atom is -0.393 e. The summed E-state index contributed by atoms with van der Waals surface area (Å²) in [6.45, 7) is 1.85. The van der Waals surface area contributed by atoms with Crippen molar-refractivity contribution in [1.82, 2.24) is 9.78 Å². The molecule has 2 N–H and O–H groups in total. The van der Waals surface area contributed by atoms with Gasteiger partial charge in [-0.3, -0.25) is 4.79 Å². The van der Waals surface area contributed by atoms with Crippen LogP contribution >= 0.6 is 0 Å². The molecule has 1 atom stereocenters. The topological polar surface area (TPSA) is 67.2 Å². The molecule has 1 heterocycles. The van der Waals surface area contributed by atoms with Gasteiger partial charge in [-0.1, -0.05) is 87.1 Å². The molecule has 3 rings (SSSR count). The number of para-hydroxylation sites is 1. The SMILES string of the molecule is CC(O)CCCCCCCCCC(=O)Nc1cn(-c2ccccc2)nc1-c1ccccc1. The summed E-state index contributed by atoms with van der Waals surface area (Å²) in [5, 5.41) is 17.1. The van der Waals surface area contributed by atoms with Crippen LogP contribution in [0.5, 0.6) is 0 Å². The Balaban J connectivity index is 1.50. The number of hydrogen-bond donors (Lipinski definition) is 2. The zero-order valence-corrected chi connectivity index (χ0v) is 19.0. The van der Waals surface area contributed by atoms with E-state index in [9.17, 15) is 9.90 Å². The lowest BCUT2D eigenvalue weighted by Crippen LogP contribution is -2.11. The van der Waals surface area contributed by atoms with E-state index in [0.717, 1.165) is 54.7 Å². The number of benzene rings is 2. The molecule has 3 aromatic rings. The lowest BCUT2D eigenvalue weighted by molar-refractivity contribution is -0.116. The molecule has 5 heteroatoms. The molecule has 0 saturated heterocycles. The Kier molecular flexibility index (Phi) is 9.51. The highest BCUT2D eigenvalue weighted by atomic mass is 16.3. The monoisotopic (exact) mass is 433 g/mol. The molecular formula is C27H35N3O2. The number of carbonyl (C=O) groups is 1. The van der Waals surface area contributed by atoms with Crippen molar-refractivity contribution in [1.29, 1.82) is 0 Å². The largest absolute Gasteiger partial charge is 0.393 e. The fraction of sp³-hybridized carbons (Fsp3) is 0.407. The van der Waals surface area contributed by atoms with Crippen LogP contribution in [0, 0.1) is 0 Å². The Morgan fingerprint density at radius 3 is 2.16 bits per heavy atom. The van der Waals surface area contributed by atoms with E-state index in [2.05, 4.69) is 5.32 Å². The maximum Gasteiger partial charge on any atom is 0.224 e. The van der Waals surface area contributed by atoms with Gasteiger partial charge in [0.2, 0.25) is 5.91 Å². The highest BCUT2D eigenvalue weighted by Crippen LogP contribution is 2.28. The molecule has 1 aromatic heterocycles. The van der Waals surface area contributed by atoms with Crippen molar-refractivity contribution in [2.24, 2.45) is 0 Å². The summed E-state index contributed by atoms with van der Waals surface area (Å²) in [6, 6.07) is 19.9. The number of rotatable bonds is 13. The van der Waals surface area contributed by atoms with Crippen molar-refractivity contribution in [2.45, 2.75) is 70.8 Å². The zero-order chi connectivity index (χ0) is 22.6. The molecule has 0 spiro atoms. The first kappa shape index (κ1) is 23.7. The van der Waals surface area contributed by atoms with E-state index in [-0.39, 0.29) is 12.0 Å². The summed E-state index contributed by atoms with van der Waals surface area (Å²) in [5.74, 6) is 0.0340. The first-order valence-corrected chi connectivity index (χ1v) is 11.8. The Morgan fingerprint density at radius 2 is 1.50 bits per heavy atom. The minimum atomic E-state index is -0.185. The molecule has 1 unspecified atom stereocenters. The number of unbranched alkanes of at least 4 members (excludes halogenated alkanes) is 6. The highest BCUT2D eigenvalue weighted by Gasteiger charge is 2.14. The van der Waals surface area contributed by atoms with Crippen molar-refractivity contribution < 1.29 is 9.90 Å². The Bertz CT molecular complexity index is 936. The van der Waals surface area contributed by atoms with E-state index < -0.39 is 0 Å². The third-order valence-electron chi connectivity index (χ3n) is 5.58. The standard InChI is InChI=1S/C27H35N3O2/c1-22(31)15-9-5-3-2-4-6-14-20-26(32)28-25-21-30(24-18-12-8-13-19-24)29-27(25)23-16-10-7-11-17-23/h7-8,10-13,16-19,21-22,31H,2-6,9,14-15,20H2,1H3,(H,28,32). The summed E-state index contributed by atoms with van der Waals surface area (Å²) in [5.41, 5.74) is 3.45. The van der Waals surface area contributed by atoms with Gasteiger partial charge >= 0.3 is 0 Å². The van der Waals surface area contributed by atoms with Gasteiger partial charge in [0.15, 0.2) is 0 Å². The average Bonchev–Trinajstić information content (AvgIpc) is 3.22. The maximum atomic E-state index is 12.6. The predicted octanol–water partition coefficient (Wildman–Crippen LogP) is 6.37. The summed E-state index contributed by atoms with van der Waals surface area (Å²) >= 11 is 0. The van der Waals surface area contributed by atoms with E-state index in [1.165, 1.54) is 19.3 Å². The van der Waals surface area contributed by atoms with Gasteiger partial charge in [0.1, 0.15) is 5.69 Å². The number of aliphatic hydroxyl groups is 1. The van der Waals surface area contributed by atoms with Gasteiger partial charge in [0, 0.05) is 12.0 Å². The van der Waals surface area contributed by atoms with Crippen molar-refractivity contribution >= 4 is 11.6 Å². The van der Waals surface area contributed by atoms with Crippen LogP contribution in [0.1, 0.15) is 64.7 Å². The fourth-order valence-corrected chi connectivity index (χ4v) is 3.81. The van der Waals surface area contributed by atoms with Crippen LogP contribution in [-0.4, -0.2) is 26.9 Å². The third kappa shape index (κ3) is 7.65. The number of anilines is 1. The Hall–Kier alpha value is -2.92. The van der Waals surface area contributed by atoms with Crippen molar-refractivity contribution in [3.8, 4) is 16.9 Å². The maximum absolute atomic E-state index is 12.6. The molecule has 0 saturated carbocycles. The summed E-state index contributed by atoms with van der Waals surface area (Å²) in [6.07, 6.45) is 10.9. The van der Waals surface area contributed by atoms with Crippen LogP contribution in [0.25, 0.3) is 16.9 Å². The van der Waals surface area contributed by atoms with Crippen LogP contribution in [0.4, 0.5) is 5.69 Å². The average molecular weight is 434 g/mol. The number of aromatic nitrogens is 2. The molecule has 5 nitrogen and oxygen atoms in total. The first-order valence-electron chi connectivity index (χ1n) is 11.8. The molecular weight excluding hydrogens is 398 g/mol. The van der Waals surface area contributed by atoms with E-state index in [1.54, 1.807) is 0 Å². The van der Waals surface area contributed by atoms with Crippen LogP contribution in [0.2, 0.25) is 0 Å².